The number of hydrogen-bond acceptors (Lipinski definition) is 2. The lowest BCUT2D eigenvalue weighted by Gasteiger charge is -2.12. The predicted octanol–water partition coefficient (Wildman–Crippen LogP) is 5.26. The van der Waals surface area contributed by atoms with Crippen LogP contribution in [-0.4, -0.2) is 14.9 Å². The Morgan fingerprint density at radius 3 is 2.46 bits per heavy atom. The molecule has 0 aliphatic carbocycles. The fraction of sp³-hybridized carbons (Fsp3) is 0.111. The third kappa shape index (κ3) is 4.26. The molecule has 0 saturated carbocycles. The third-order valence-corrected chi connectivity index (χ3v) is 4.53. The van der Waals surface area contributed by atoms with Crippen LogP contribution >= 0.6 is 23.8 Å². The molecule has 0 unspecified atom stereocenters. The maximum Gasteiger partial charge on any atom is 0.176 e. The van der Waals surface area contributed by atoms with Crippen LogP contribution in [0.1, 0.15) is 11.1 Å². The molecule has 28 heavy (non-hydrogen) atoms. The molecule has 1 aromatic heterocycles. The normalized spacial score (nSPS) is 10.8. The van der Waals surface area contributed by atoms with Gasteiger partial charge in [-0.15, -0.1) is 0 Å². The summed E-state index contributed by atoms with van der Waals surface area (Å²) in [4.78, 5) is 0. The molecule has 10 heteroatoms. The van der Waals surface area contributed by atoms with Crippen molar-refractivity contribution in [1.82, 2.24) is 9.78 Å². The number of hydrogen-bond donors (Lipinski definition) is 2. The van der Waals surface area contributed by atoms with Gasteiger partial charge in [0.15, 0.2) is 34.2 Å². The average molecular weight is 429 g/mol. The number of thiocarbonyl (C=S) groups is 1. The molecule has 0 radical (unpaired) electrons. The van der Waals surface area contributed by atoms with Gasteiger partial charge in [0, 0.05) is 29.0 Å². The Bertz CT molecular complexity index is 1030. The van der Waals surface area contributed by atoms with Crippen LogP contribution in [0, 0.1) is 30.2 Å². The quantitative estimate of drug-likeness (QED) is 0.338. The van der Waals surface area contributed by atoms with Crippen molar-refractivity contribution in [2.24, 2.45) is 0 Å². The Morgan fingerprint density at radius 2 is 1.79 bits per heavy atom. The summed E-state index contributed by atoms with van der Waals surface area (Å²) in [5, 5.41) is 10.6. The van der Waals surface area contributed by atoms with Gasteiger partial charge in [-0.2, -0.15) is 5.10 Å². The zero-order valence-corrected chi connectivity index (χ0v) is 15.9. The first-order valence-corrected chi connectivity index (χ1v) is 8.73. The lowest BCUT2D eigenvalue weighted by molar-refractivity contribution is 0.431. The van der Waals surface area contributed by atoms with Gasteiger partial charge in [-0.1, -0.05) is 17.7 Å². The van der Waals surface area contributed by atoms with Gasteiger partial charge in [0.1, 0.15) is 0 Å². The first kappa shape index (κ1) is 20.1. The van der Waals surface area contributed by atoms with Gasteiger partial charge in [-0.05, 0) is 36.8 Å². The summed E-state index contributed by atoms with van der Waals surface area (Å²) in [6.07, 6.45) is 1.39. The number of nitrogens with zero attached hydrogens (tertiary/aromatic N) is 2. The molecule has 0 atom stereocenters. The molecule has 0 bridgehead atoms. The van der Waals surface area contributed by atoms with Crippen molar-refractivity contribution in [3.05, 3.63) is 75.9 Å². The summed E-state index contributed by atoms with van der Waals surface area (Å²) < 4.78 is 55.3. The van der Waals surface area contributed by atoms with Crippen molar-refractivity contribution in [2.75, 3.05) is 10.6 Å². The Hall–Kier alpha value is -2.65. The number of rotatable bonds is 4. The van der Waals surface area contributed by atoms with E-state index < -0.39 is 35.4 Å². The van der Waals surface area contributed by atoms with Crippen LogP contribution in [0.2, 0.25) is 5.02 Å². The van der Waals surface area contributed by atoms with Gasteiger partial charge < -0.3 is 10.6 Å². The zero-order chi connectivity index (χ0) is 20.4. The second-order valence-electron chi connectivity index (χ2n) is 5.84. The highest BCUT2D eigenvalue weighted by Gasteiger charge is 2.19. The van der Waals surface area contributed by atoms with E-state index >= 15 is 0 Å². The maximum absolute atomic E-state index is 13.8. The van der Waals surface area contributed by atoms with Crippen LogP contribution in [0.3, 0.4) is 0 Å². The van der Waals surface area contributed by atoms with Crippen LogP contribution in [0.15, 0.2) is 36.5 Å². The van der Waals surface area contributed by atoms with Gasteiger partial charge in [-0.3, -0.25) is 4.68 Å². The summed E-state index contributed by atoms with van der Waals surface area (Å²) in [6, 6.07) is 6.94. The average Bonchev–Trinajstić information content (AvgIpc) is 3.08. The molecule has 3 aromatic rings. The number of aromatic nitrogens is 2. The van der Waals surface area contributed by atoms with E-state index in [4.69, 9.17) is 23.8 Å². The van der Waals surface area contributed by atoms with Crippen LogP contribution in [-0.2, 0) is 6.54 Å². The van der Waals surface area contributed by atoms with E-state index in [1.54, 1.807) is 18.2 Å². The van der Waals surface area contributed by atoms with Crippen molar-refractivity contribution in [3.8, 4) is 0 Å². The summed E-state index contributed by atoms with van der Waals surface area (Å²) in [5.41, 5.74) is 0.740. The molecular formula is C18H13ClF4N4S. The summed E-state index contributed by atoms with van der Waals surface area (Å²) >= 11 is 11.3. The standard InChI is InChI=1S/C18H13ClF4N4S/c1-9-11(19)3-2-4-14(9)24-18(28)25-15-5-6-27(26-15)8-10-16(22)12(20)7-13(21)17(10)23/h2-7H,8H2,1H3,(H2,24,25,26,28). The molecular weight excluding hydrogens is 416 g/mol. The fourth-order valence-corrected chi connectivity index (χ4v) is 2.84. The highest BCUT2D eigenvalue weighted by molar-refractivity contribution is 7.80. The Labute approximate surface area is 168 Å². The fourth-order valence-electron chi connectivity index (χ4n) is 2.45. The molecule has 1 heterocycles. The molecule has 0 aliphatic rings. The number of nitrogens with one attached hydrogen (secondary N) is 2. The van der Waals surface area contributed by atoms with E-state index in [-0.39, 0.29) is 17.0 Å². The molecule has 0 fully saturated rings. The topological polar surface area (TPSA) is 41.9 Å². The van der Waals surface area contributed by atoms with E-state index in [0.717, 1.165) is 10.2 Å². The highest BCUT2D eigenvalue weighted by Crippen LogP contribution is 2.23. The van der Waals surface area contributed by atoms with Crippen LogP contribution < -0.4 is 10.6 Å². The van der Waals surface area contributed by atoms with Gasteiger partial charge in [-0.25, -0.2) is 17.6 Å². The summed E-state index contributed by atoms with van der Waals surface area (Å²) in [5.74, 6) is -5.59. The lowest BCUT2D eigenvalue weighted by atomic mass is 10.2. The van der Waals surface area contributed by atoms with Crippen LogP contribution in [0.25, 0.3) is 0 Å². The van der Waals surface area contributed by atoms with Gasteiger partial charge >= 0.3 is 0 Å². The van der Waals surface area contributed by atoms with Gasteiger partial charge in [0.2, 0.25) is 0 Å². The second-order valence-corrected chi connectivity index (χ2v) is 6.65. The second kappa shape index (κ2) is 8.15. The molecule has 2 N–H and O–H groups in total. The summed E-state index contributed by atoms with van der Waals surface area (Å²) in [6.45, 7) is 1.32. The van der Waals surface area contributed by atoms with Crippen molar-refractivity contribution in [3.63, 3.8) is 0 Å². The molecule has 146 valence electrons. The van der Waals surface area contributed by atoms with Crippen molar-refractivity contribution < 1.29 is 17.6 Å². The molecule has 0 aliphatic heterocycles. The Kier molecular flexibility index (Phi) is 5.85. The maximum atomic E-state index is 13.8. The minimum atomic E-state index is -1.47. The van der Waals surface area contributed by atoms with Crippen LogP contribution in [0.4, 0.5) is 29.1 Å². The molecule has 0 spiro atoms. The zero-order valence-electron chi connectivity index (χ0n) is 14.4. The third-order valence-electron chi connectivity index (χ3n) is 3.92. The van der Waals surface area contributed by atoms with E-state index in [1.807, 2.05) is 6.92 Å². The molecule has 0 saturated heterocycles. The first-order chi connectivity index (χ1) is 13.3. The monoisotopic (exact) mass is 428 g/mol. The van der Waals surface area contributed by atoms with E-state index in [9.17, 15) is 17.6 Å². The van der Waals surface area contributed by atoms with Crippen LogP contribution in [0.5, 0.6) is 0 Å². The first-order valence-electron chi connectivity index (χ1n) is 7.94. The molecule has 2 aromatic carbocycles. The van der Waals surface area contributed by atoms with E-state index in [1.165, 1.54) is 12.3 Å². The van der Waals surface area contributed by atoms with Crippen molar-refractivity contribution in [1.29, 1.82) is 0 Å². The SMILES string of the molecule is Cc1c(Cl)cccc1NC(=S)Nc1ccn(Cc2c(F)c(F)cc(F)c2F)n1. The minimum Gasteiger partial charge on any atom is -0.332 e. The largest absolute Gasteiger partial charge is 0.332 e. The highest BCUT2D eigenvalue weighted by atomic mass is 35.5. The number of benzene rings is 2. The minimum absolute atomic E-state index is 0.159. The molecule has 0 amide bonds. The number of halogens is 5. The predicted molar refractivity (Wildman–Crippen MR) is 104 cm³/mol. The van der Waals surface area contributed by atoms with E-state index in [2.05, 4.69) is 15.7 Å². The summed E-state index contributed by atoms with van der Waals surface area (Å²) in [7, 11) is 0. The van der Waals surface area contributed by atoms with Crippen molar-refractivity contribution >= 4 is 40.4 Å². The van der Waals surface area contributed by atoms with Crippen molar-refractivity contribution in [2.45, 2.75) is 13.5 Å². The Morgan fingerprint density at radius 1 is 1.11 bits per heavy atom. The molecule has 4 nitrogen and oxygen atoms in total. The number of anilines is 2. The van der Waals surface area contributed by atoms with Gasteiger partial charge in [0.25, 0.3) is 0 Å². The van der Waals surface area contributed by atoms with E-state index in [0.29, 0.717) is 10.7 Å². The molecule has 3 rings (SSSR count). The Balaban J connectivity index is 1.71. The smallest absolute Gasteiger partial charge is 0.176 e. The van der Waals surface area contributed by atoms with Gasteiger partial charge in [0.05, 0.1) is 12.1 Å². The lowest BCUT2D eigenvalue weighted by Crippen LogP contribution is -2.20.